The molecular formula is C18H31N3O4. The molecule has 0 aliphatic carbocycles. The summed E-state index contributed by atoms with van der Waals surface area (Å²) in [6, 6.07) is -0.570. The summed E-state index contributed by atoms with van der Waals surface area (Å²) in [5.41, 5.74) is 4.92. The number of primary amides is 1. The topological polar surface area (TPSA) is 102 Å². The van der Waals surface area contributed by atoms with Gasteiger partial charge in [0.15, 0.2) is 5.78 Å². The van der Waals surface area contributed by atoms with E-state index in [9.17, 15) is 14.4 Å². The molecule has 3 unspecified atom stereocenters. The minimum atomic E-state index is -0.570. The Kier molecular flexibility index (Phi) is 6.57. The maximum atomic E-state index is 12.4. The van der Waals surface area contributed by atoms with Gasteiger partial charge in [0.25, 0.3) is 0 Å². The molecule has 0 bridgehead atoms. The summed E-state index contributed by atoms with van der Waals surface area (Å²) in [4.78, 5) is 38.0. The lowest BCUT2D eigenvalue weighted by Crippen LogP contribution is -2.49. The highest BCUT2D eigenvalue weighted by Gasteiger charge is 2.39. The number of hydrogen-bond donors (Lipinski definition) is 2. The van der Waals surface area contributed by atoms with Gasteiger partial charge >= 0.3 is 0 Å². The van der Waals surface area contributed by atoms with Crippen LogP contribution in [0, 0.1) is 11.3 Å². The van der Waals surface area contributed by atoms with Crippen molar-refractivity contribution in [2.75, 3.05) is 26.2 Å². The third-order valence-corrected chi connectivity index (χ3v) is 5.57. The lowest BCUT2D eigenvalue weighted by atomic mass is 9.75. The average Bonchev–Trinajstić information content (AvgIpc) is 3.11. The summed E-state index contributed by atoms with van der Waals surface area (Å²) in [6.45, 7) is 8.56. The van der Waals surface area contributed by atoms with Crippen molar-refractivity contribution in [1.82, 2.24) is 10.2 Å². The lowest BCUT2D eigenvalue weighted by Gasteiger charge is -2.31. The maximum Gasteiger partial charge on any atom is 0.220 e. The van der Waals surface area contributed by atoms with Gasteiger partial charge in [0.1, 0.15) is 12.6 Å². The van der Waals surface area contributed by atoms with Crippen LogP contribution in [0.25, 0.3) is 0 Å². The van der Waals surface area contributed by atoms with Crippen LogP contribution in [0.2, 0.25) is 0 Å². The predicted octanol–water partition coefficient (Wildman–Crippen LogP) is 0.463. The molecule has 3 atom stereocenters. The summed E-state index contributed by atoms with van der Waals surface area (Å²) < 4.78 is 5.60. The predicted molar refractivity (Wildman–Crippen MR) is 93.7 cm³/mol. The standard InChI is InChI=1S/C18H31N3O4/c1-12(18(2,3)9-15(19)23)8-16(24)20-17-13(22)11-25-14(17)10-21-6-4-5-7-21/h12,14,17H,4-11H2,1-3H3,(H2,19,23)(H,20,24). The van der Waals surface area contributed by atoms with Gasteiger partial charge in [0.05, 0.1) is 6.10 Å². The Hall–Kier alpha value is -1.47. The Labute approximate surface area is 149 Å². The molecule has 7 nitrogen and oxygen atoms in total. The summed E-state index contributed by atoms with van der Waals surface area (Å²) >= 11 is 0. The van der Waals surface area contributed by atoms with Gasteiger partial charge in [0, 0.05) is 19.4 Å². The van der Waals surface area contributed by atoms with Gasteiger partial charge < -0.3 is 20.7 Å². The molecule has 25 heavy (non-hydrogen) atoms. The van der Waals surface area contributed by atoms with Crippen molar-refractivity contribution in [3.05, 3.63) is 0 Å². The molecule has 2 fully saturated rings. The number of nitrogens with one attached hydrogen (secondary N) is 1. The van der Waals surface area contributed by atoms with E-state index in [4.69, 9.17) is 10.5 Å². The Balaban J connectivity index is 1.88. The zero-order chi connectivity index (χ0) is 18.6. The fraction of sp³-hybridized carbons (Fsp3) is 0.833. The Morgan fingerprint density at radius 1 is 1.36 bits per heavy atom. The zero-order valence-electron chi connectivity index (χ0n) is 15.5. The SMILES string of the molecule is CC(CC(=O)NC1C(=O)COC1CN1CCCC1)C(C)(C)CC(N)=O. The van der Waals surface area contributed by atoms with E-state index >= 15 is 0 Å². The second kappa shape index (κ2) is 8.27. The molecule has 0 radical (unpaired) electrons. The number of carbonyl (C=O) groups excluding carboxylic acids is 3. The van der Waals surface area contributed by atoms with E-state index in [0.717, 1.165) is 13.1 Å². The van der Waals surface area contributed by atoms with Crippen LogP contribution in [0.5, 0.6) is 0 Å². The van der Waals surface area contributed by atoms with Crippen molar-refractivity contribution in [2.45, 2.75) is 58.6 Å². The number of ether oxygens (including phenoxy) is 1. The molecule has 0 spiro atoms. The van der Waals surface area contributed by atoms with Crippen molar-refractivity contribution in [1.29, 1.82) is 0 Å². The first-order valence-corrected chi connectivity index (χ1v) is 9.13. The molecule has 142 valence electrons. The number of amides is 2. The minimum absolute atomic E-state index is 0.0329. The third kappa shape index (κ3) is 5.51. The number of nitrogens with two attached hydrogens (primary N) is 1. The van der Waals surface area contributed by atoms with Gasteiger partial charge in [-0.05, 0) is 37.3 Å². The highest BCUT2D eigenvalue weighted by molar-refractivity contribution is 5.92. The average molecular weight is 353 g/mol. The molecule has 0 aromatic rings. The molecule has 0 saturated carbocycles. The van der Waals surface area contributed by atoms with E-state index in [1.165, 1.54) is 12.8 Å². The van der Waals surface area contributed by atoms with E-state index in [1.807, 2.05) is 20.8 Å². The number of nitrogens with zero attached hydrogens (tertiary/aromatic N) is 1. The highest BCUT2D eigenvalue weighted by Crippen LogP contribution is 2.32. The Bertz CT molecular complexity index is 514. The summed E-state index contributed by atoms with van der Waals surface area (Å²) in [5, 5.41) is 2.85. The van der Waals surface area contributed by atoms with Crippen molar-refractivity contribution in [3.8, 4) is 0 Å². The third-order valence-electron chi connectivity index (χ3n) is 5.57. The van der Waals surface area contributed by atoms with Gasteiger partial charge in [-0.3, -0.25) is 14.4 Å². The maximum absolute atomic E-state index is 12.4. The number of carbonyl (C=O) groups is 3. The number of ketones is 1. The molecule has 2 aliphatic heterocycles. The summed E-state index contributed by atoms with van der Waals surface area (Å²) in [6.07, 6.45) is 2.54. The van der Waals surface area contributed by atoms with Crippen molar-refractivity contribution in [2.24, 2.45) is 17.1 Å². The zero-order valence-corrected chi connectivity index (χ0v) is 15.5. The normalized spacial score (nSPS) is 26.0. The van der Waals surface area contributed by atoms with Gasteiger partial charge in [-0.25, -0.2) is 0 Å². The second-order valence-electron chi connectivity index (χ2n) is 8.11. The van der Waals surface area contributed by atoms with E-state index in [1.54, 1.807) is 0 Å². The van der Waals surface area contributed by atoms with E-state index in [0.29, 0.717) is 6.54 Å². The first-order chi connectivity index (χ1) is 11.7. The molecular weight excluding hydrogens is 322 g/mol. The van der Waals surface area contributed by atoms with Crippen LogP contribution in [0.4, 0.5) is 0 Å². The molecule has 2 saturated heterocycles. The van der Waals surface area contributed by atoms with Crippen LogP contribution >= 0.6 is 0 Å². The second-order valence-corrected chi connectivity index (χ2v) is 8.11. The molecule has 2 rings (SSSR count). The largest absolute Gasteiger partial charge is 0.370 e. The first kappa shape index (κ1) is 19.8. The van der Waals surface area contributed by atoms with Gasteiger partial charge in [-0.15, -0.1) is 0 Å². The van der Waals surface area contributed by atoms with Gasteiger partial charge in [0.2, 0.25) is 11.8 Å². The molecule has 7 heteroatoms. The fourth-order valence-corrected chi connectivity index (χ4v) is 3.54. The Morgan fingerprint density at radius 3 is 2.60 bits per heavy atom. The first-order valence-electron chi connectivity index (χ1n) is 9.13. The Morgan fingerprint density at radius 2 is 2.00 bits per heavy atom. The monoisotopic (exact) mass is 353 g/mol. The van der Waals surface area contributed by atoms with Crippen molar-refractivity contribution in [3.63, 3.8) is 0 Å². The van der Waals surface area contributed by atoms with Gasteiger partial charge in [-0.1, -0.05) is 20.8 Å². The van der Waals surface area contributed by atoms with Crippen LogP contribution in [0.3, 0.4) is 0 Å². The number of rotatable bonds is 8. The smallest absolute Gasteiger partial charge is 0.220 e. The van der Waals surface area contributed by atoms with Crippen LogP contribution in [-0.4, -0.2) is 60.9 Å². The van der Waals surface area contributed by atoms with Crippen LogP contribution in [-0.2, 0) is 19.1 Å². The minimum Gasteiger partial charge on any atom is -0.370 e. The summed E-state index contributed by atoms with van der Waals surface area (Å²) in [7, 11) is 0. The van der Waals surface area contributed by atoms with E-state index in [-0.39, 0.29) is 54.5 Å². The number of hydrogen-bond acceptors (Lipinski definition) is 5. The molecule has 2 aliphatic rings. The molecule has 0 aromatic heterocycles. The number of Topliss-reactive ketones (excluding diaryl/α,β-unsaturated/α-hetero) is 1. The van der Waals surface area contributed by atoms with E-state index < -0.39 is 6.04 Å². The summed E-state index contributed by atoms with van der Waals surface area (Å²) in [5.74, 6) is -0.654. The van der Waals surface area contributed by atoms with Gasteiger partial charge in [-0.2, -0.15) is 0 Å². The van der Waals surface area contributed by atoms with Crippen molar-refractivity contribution < 1.29 is 19.1 Å². The van der Waals surface area contributed by atoms with Crippen LogP contribution in [0.15, 0.2) is 0 Å². The van der Waals surface area contributed by atoms with Crippen molar-refractivity contribution >= 4 is 17.6 Å². The van der Waals surface area contributed by atoms with E-state index in [2.05, 4.69) is 10.2 Å². The molecule has 0 aromatic carbocycles. The lowest BCUT2D eigenvalue weighted by molar-refractivity contribution is -0.128. The molecule has 2 amide bonds. The van der Waals surface area contributed by atoms with Crippen LogP contribution in [0.1, 0.15) is 46.5 Å². The fourth-order valence-electron chi connectivity index (χ4n) is 3.54. The molecule has 2 heterocycles. The quantitative estimate of drug-likeness (QED) is 0.660. The van der Waals surface area contributed by atoms with Crippen LogP contribution < -0.4 is 11.1 Å². The molecule has 3 N–H and O–H groups in total. The highest BCUT2D eigenvalue weighted by atomic mass is 16.5. The number of likely N-dealkylation sites (tertiary alicyclic amines) is 1.